The Morgan fingerprint density at radius 2 is 1.54 bits per heavy atom. The SMILES string of the molecule is C=C1CCCC2C1(C)CCC(C)C2(C)Cc1cc(NC2=CC(=O)C=C(CC3(C)C(C)CCC4(C)C(C)=CCCC43)C2=O)ccc1O. The number of carbonyl (C=O) groups excluding carboxylic acids is 2. The van der Waals surface area contributed by atoms with E-state index in [0.717, 1.165) is 49.8 Å². The van der Waals surface area contributed by atoms with Gasteiger partial charge in [-0.05, 0) is 153 Å². The summed E-state index contributed by atoms with van der Waals surface area (Å²) in [6.07, 6.45) is 17.2. The molecule has 1 aromatic carbocycles. The fraction of sp³-hybridized carbons (Fsp3) is 0.619. The molecule has 6 rings (SSSR count). The zero-order chi connectivity index (χ0) is 33.2. The first-order valence-electron chi connectivity index (χ1n) is 18.1. The van der Waals surface area contributed by atoms with Crippen molar-refractivity contribution >= 4 is 17.3 Å². The van der Waals surface area contributed by atoms with Gasteiger partial charge in [-0.15, -0.1) is 0 Å². The van der Waals surface area contributed by atoms with Crippen LogP contribution in [-0.4, -0.2) is 16.7 Å². The van der Waals surface area contributed by atoms with Gasteiger partial charge >= 0.3 is 0 Å². The Morgan fingerprint density at radius 1 is 0.891 bits per heavy atom. The van der Waals surface area contributed by atoms with Crippen LogP contribution in [0.15, 0.2) is 65.4 Å². The predicted octanol–water partition coefficient (Wildman–Crippen LogP) is 10.3. The Balaban J connectivity index is 1.23. The van der Waals surface area contributed by atoms with E-state index in [0.29, 0.717) is 47.1 Å². The summed E-state index contributed by atoms with van der Waals surface area (Å²) in [5.41, 5.74) is 5.73. The number of ketones is 2. The molecule has 0 spiro atoms. The average Bonchev–Trinajstić information content (AvgIpc) is 3.00. The molecule has 248 valence electrons. The van der Waals surface area contributed by atoms with Gasteiger partial charge in [-0.1, -0.05) is 65.3 Å². The molecule has 0 amide bonds. The third kappa shape index (κ3) is 5.27. The molecule has 1 aromatic rings. The van der Waals surface area contributed by atoms with Crippen molar-refractivity contribution in [3.05, 3.63) is 71.0 Å². The fourth-order valence-corrected chi connectivity index (χ4v) is 11.1. The molecule has 0 bridgehead atoms. The van der Waals surface area contributed by atoms with Crippen molar-refractivity contribution in [2.75, 3.05) is 5.32 Å². The van der Waals surface area contributed by atoms with Crippen LogP contribution in [0.1, 0.15) is 118 Å². The predicted molar refractivity (Wildman–Crippen MR) is 188 cm³/mol. The number of benzene rings is 1. The third-order valence-corrected chi connectivity index (χ3v) is 14.8. The molecule has 0 radical (unpaired) electrons. The smallest absolute Gasteiger partial charge is 0.205 e. The van der Waals surface area contributed by atoms with Crippen molar-refractivity contribution in [1.82, 2.24) is 0 Å². The number of hydrogen-bond donors (Lipinski definition) is 2. The summed E-state index contributed by atoms with van der Waals surface area (Å²) in [6, 6.07) is 5.56. The molecule has 4 heteroatoms. The Morgan fingerprint density at radius 3 is 2.26 bits per heavy atom. The molecule has 8 unspecified atom stereocenters. The summed E-state index contributed by atoms with van der Waals surface area (Å²) in [6.45, 7) is 21.2. The number of hydrogen-bond acceptors (Lipinski definition) is 4. The lowest BCUT2D eigenvalue weighted by atomic mass is 9.46. The van der Waals surface area contributed by atoms with Gasteiger partial charge in [-0.2, -0.15) is 0 Å². The molecular formula is C42H57NO3. The van der Waals surface area contributed by atoms with Crippen LogP contribution in [-0.2, 0) is 16.0 Å². The summed E-state index contributed by atoms with van der Waals surface area (Å²) in [5, 5.41) is 14.4. The van der Waals surface area contributed by atoms with Crippen molar-refractivity contribution in [2.45, 2.75) is 119 Å². The minimum atomic E-state index is -0.133. The second-order valence-corrected chi connectivity index (χ2v) is 17.1. The number of anilines is 1. The Labute approximate surface area is 277 Å². The number of nitrogens with one attached hydrogen (secondary N) is 1. The van der Waals surface area contributed by atoms with E-state index in [9.17, 15) is 14.7 Å². The van der Waals surface area contributed by atoms with Gasteiger partial charge in [-0.3, -0.25) is 9.59 Å². The van der Waals surface area contributed by atoms with Crippen LogP contribution in [0.4, 0.5) is 5.69 Å². The molecule has 0 saturated heterocycles. The number of phenols is 1. The molecule has 3 fully saturated rings. The highest BCUT2D eigenvalue weighted by Gasteiger charge is 2.55. The molecule has 0 aromatic heterocycles. The van der Waals surface area contributed by atoms with Crippen molar-refractivity contribution in [3.63, 3.8) is 0 Å². The van der Waals surface area contributed by atoms with Gasteiger partial charge in [0, 0.05) is 17.3 Å². The lowest BCUT2D eigenvalue weighted by molar-refractivity contribution is -0.116. The van der Waals surface area contributed by atoms with Crippen molar-refractivity contribution < 1.29 is 14.7 Å². The quantitative estimate of drug-likeness (QED) is 0.188. The van der Waals surface area contributed by atoms with E-state index in [4.69, 9.17) is 0 Å². The summed E-state index contributed by atoms with van der Waals surface area (Å²) >= 11 is 0. The molecule has 0 aliphatic heterocycles. The van der Waals surface area contributed by atoms with E-state index in [1.54, 1.807) is 12.1 Å². The molecule has 2 N–H and O–H groups in total. The van der Waals surface area contributed by atoms with E-state index in [1.807, 2.05) is 12.1 Å². The first-order valence-corrected chi connectivity index (χ1v) is 18.1. The van der Waals surface area contributed by atoms with Gasteiger partial charge in [-0.25, -0.2) is 0 Å². The van der Waals surface area contributed by atoms with Crippen molar-refractivity contribution in [2.24, 2.45) is 45.3 Å². The zero-order valence-corrected chi connectivity index (χ0v) is 29.5. The van der Waals surface area contributed by atoms with Crippen LogP contribution >= 0.6 is 0 Å². The second-order valence-electron chi connectivity index (χ2n) is 17.1. The molecule has 4 nitrogen and oxygen atoms in total. The fourth-order valence-electron chi connectivity index (χ4n) is 11.1. The molecule has 8 atom stereocenters. The van der Waals surface area contributed by atoms with E-state index >= 15 is 0 Å². The highest BCUT2D eigenvalue weighted by molar-refractivity contribution is 6.21. The molecule has 3 saturated carbocycles. The van der Waals surface area contributed by atoms with Gasteiger partial charge in [0.25, 0.3) is 0 Å². The minimum Gasteiger partial charge on any atom is -0.508 e. The molecule has 5 aliphatic carbocycles. The lowest BCUT2D eigenvalue weighted by Crippen LogP contribution is -2.51. The summed E-state index contributed by atoms with van der Waals surface area (Å²) in [5.74, 6) is 2.06. The van der Waals surface area contributed by atoms with Crippen molar-refractivity contribution in [3.8, 4) is 5.75 Å². The number of allylic oxidation sites excluding steroid dienone is 6. The summed E-state index contributed by atoms with van der Waals surface area (Å²) in [4.78, 5) is 27.2. The van der Waals surface area contributed by atoms with E-state index < -0.39 is 0 Å². The maximum Gasteiger partial charge on any atom is 0.205 e. The number of phenolic OH excluding ortho intramolecular Hbond substituents is 1. The maximum atomic E-state index is 14.1. The highest BCUT2D eigenvalue weighted by Crippen LogP contribution is 2.63. The van der Waals surface area contributed by atoms with E-state index in [-0.39, 0.29) is 33.2 Å². The Hall–Kier alpha value is -2.88. The number of fused-ring (bicyclic) bond motifs is 2. The van der Waals surface area contributed by atoms with E-state index in [1.165, 1.54) is 42.9 Å². The summed E-state index contributed by atoms with van der Waals surface area (Å²) < 4.78 is 0. The average molecular weight is 624 g/mol. The largest absolute Gasteiger partial charge is 0.508 e. The monoisotopic (exact) mass is 623 g/mol. The van der Waals surface area contributed by atoms with Gasteiger partial charge in [0.1, 0.15) is 5.75 Å². The third-order valence-electron chi connectivity index (χ3n) is 14.8. The first-order chi connectivity index (χ1) is 21.6. The van der Waals surface area contributed by atoms with Crippen LogP contribution in [0.3, 0.4) is 0 Å². The van der Waals surface area contributed by atoms with Crippen LogP contribution in [0, 0.1) is 45.3 Å². The number of rotatable bonds is 6. The highest BCUT2D eigenvalue weighted by atomic mass is 16.3. The van der Waals surface area contributed by atoms with Gasteiger partial charge < -0.3 is 10.4 Å². The molecule has 46 heavy (non-hydrogen) atoms. The number of aromatic hydroxyl groups is 1. The minimum absolute atomic E-state index is 0.0194. The topological polar surface area (TPSA) is 66.4 Å². The summed E-state index contributed by atoms with van der Waals surface area (Å²) in [7, 11) is 0. The lowest BCUT2D eigenvalue weighted by Gasteiger charge is -2.59. The molecule has 0 heterocycles. The molecular weight excluding hydrogens is 566 g/mol. The first kappa shape index (κ1) is 33.0. The normalized spacial score (nSPS) is 39.5. The van der Waals surface area contributed by atoms with E-state index in [2.05, 4.69) is 66.4 Å². The Kier molecular flexibility index (Phi) is 8.38. The van der Waals surface area contributed by atoms with Gasteiger partial charge in [0.05, 0.1) is 5.70 Å². The number of carbonyl (C=O) groups is 2. The van der Waals surface area contributed by atoms with Gasteiger partial charge in [0.2, 0.25) is 5.78 Å². The van der Waals surface area contributed by atoms with Crippen LogP contribution in [0.25, 0.3) is 0 Å². The maximum absolute atomic E-state index is 14.1. The van der Waals surface area contributed by atoms with Gasteiger partial charge in [0.15, 0.2) is 5.78 Å². The zero-order valence-electron chi connectivity index (χ0n) is 29.5. The van der Waals surface area contributed by atoms with Crippen molar-refractivity contribution in [1.29, 1.82) is 0 Å². The number of Topliss-reactive ketones (excluding diaryl/α,β-unsaturated/α-hetero) is 1. The second kappa shape index (κ2) is 11.7. The standard InChI is InChI=1S/C42H57NO3/c1-26-11-9-13-36-39(26,5)19-17-28(3)41(36,7)24-30-21-32(15-16-35(30)45)43-34-23-33(44)22-31(38(34)46)25-42(8)29(4)18-20-40(6)27(2)12-10-14-37(40)42/h12,15-16,21-23,28-29,36-37,43,45H,1,9-11,13-14,17-20,24-25H2,2-8H3. The van der Waals surface area contributed by atoms with Crippen LogP contribution in [0.5, 0.6) is 5.75 Å². The van der Waals surface area contributed by atoms with Crippen LogP contribution in [0.2, 0.25) is 0 Å². The Bertz CT molecular complexity index is 1550. The molecule has 5 aliphatic rings. The van der Waals surface area contributed by atoms with Crippen LogP contribution < -0.4 is 5.32 Å².